The number of rotatable bonds is 4. The third kappa shape index (κ3) is 3.39. The van der Waals surface area contributed by atoms with Crippen LogP contribution in [0.3, 0.4) is 0 Å². The summed E-state index contributed by atoms with van der Waals surface area (Å²) < 4.78 is 28.1. The normalized spacial score (nSPS) is 13.1. The Morgan fingerprint density at radius 2 is 1.80 bits per heavy atom. The zero-order valence-corrected chi connectivity index (χ0v) is 13.3. The fourth-order valence-electron chi connectivity index (χ4n) is 1.87. The minimum Gasteiger partial charge on any atom is -0.398 e. The number of benzene rings is 2. The van der Waals surface area contributed by atoms with Crippen LogP contribution in [-0.2, 0) is 10.0 Å². The standard InChI is InChI=1S/C14H15BrN2O2S/c1-10(11-5-3-2-4-6-11)17-20(18,19)14-8-7-12(15)9-13(14)16/h2-10,17H,16H2,1H3/t10-/m1/s1. The quantitative estimate of drug-likeness (QED) is 0.828. The highest BCUT2D eigenvalue weighted by atomic mass is 79.9. The van der Waals surface area contributed by atoms with Gasteiger partial charge >= 0.3 is 0 Å². The summed E-state index contributed by atoms with van der Waals surface area (Å²) in [7, 11) is -3.65. The first-order valence-electron chi connectivity index (χ1n) is 6.02. The molecule has 0 saturated carbocycles. The van der Waals surface area contributed by atoms with Gasteiger partial charge in [-0.25, -0.2) is 13.1 Å². The van der Waals surface area contributed by atoms with E-state index in [-0.39, 0.29) is 16.6 Å². The van der Waals surface area contributed by atoms with Gasteiger partial charge in [-0.1, -0.05) is 46.3 Å². The number of hydrogen-bond donors (Lipinski definition) is 2. The van der Waals surface area contributed by atoms with Crippen molar-refractivity contribution < 1.29 is 8.42 Å². The third-order valence-electron chi connectivity index (χ3n) is 2.89. The number of nitrogens with one attached hydrogen (secondary N) is 1. The van der Waals surface area contributed by atoms with E-state index in [9.17, 15) is 8.42 Å². The maximum Gasteiger partial charge on any atom is 0.243 e. The minimum absolute atomic E-state index is 0.0866. The van der Waals surface area contributed by atoms with Gasteiger partial charge in [0.15, 0.2) is 0 Å². The maximum atomic E-state index is 12.3. The van der Waals surface area contributed by atoms with E-state index in [2.05, 4.69) is 20.7 Å². The van der Waals surface area contributed by atoms with Crippen molar-refractivity contribution in [3.63, 3.8) is 0 Å². The number of sulfonamides is 1. The summed E-state index contributed by atoms with van der Waals surface area (Å²) in [4.78, 5) is 0.0866. The van der Waals surface area contributed by atoms with Gasteiger partial charge in [0, 0.05) is 10.5 Å². The van der Waals surface area contributed by atoms with E-state index >= 15 is 0 Å². The molecule has 2 aromatic rings. The van der Waals surface area contributed by atoms with Crippen LogP contribution in [0.25, 0.3) is 0 Å². The highest BCUT2D eigenvalue weighted by Crippen LogP contribution is 2.24. The van der Waals surface area contributed by atoms with E-state index in [1.165, 1.54) is 6.07 Å². The largest absolute Gasteiger partial charge is 0.398 e. The Morgan fingerprint density at radius 1 is 1.15 bits per heavy atom. The first-order chi connectivity index (χ1) is 9.40. The summed E-state index contributed by atoms with van der Waals surface area (Å²) in [6.45, 7) is 1.79. The summed E-state index contributed by atoms with van der Waals surface area (Å²) in [5.74, 6) is 0. The van der Waals surface area contributed by atoms with Gasteiger partial charge in [-0.3, -0.25) is 0 Å². The summed E-state index contributed by atoms with van der Waals surface area (Å²) in [5.41, 5.74) is 6.88. The lowest BCUT2D eigenvalue weighted by Crippen LogP contribution is -2.27. The molecule has 0 spiro atoms. The van der Waals surface area contributed by atoms with Crippen LogP contribution in [0.2, 0.25) is 0 Å². The SMILES string of the molecule is C[C@@H](NS(=O)(=O)c1ccc(Br)cc1N)c1ccccc1. The van der Waals surface area contributed by atoms with Crippen LogP contribution < -0.4 is 10.5 Å². The molecule has 0 bridgehead atoms. The van der Waals surface area contributed by atoms with E-state index in [0.717, 1.165) is 10.0 Å². The molecule has 0 aliphatic carbocycles. The van der Waals surface area contributed by atoms with Crippen molar-refractivity contribution in [2.75, 3.05) is 5.73 Å². The molecule has 0 radical (unpaired) electrons. The fraction of sp³-hybridized carbons (Fsp3) is 0.143. The highest BCUT2D eigenvalue weighted by Gasteiger charge is 2.20. The van der Waals surface area contributed by atoms with Crippen molar-refractivity contribution in [3.05, 3.63) is 58.6 Å². The van der Waals surface area contributed by atoms with Crippen LogP contribution in [0.15, 0.2) is 57.9 Å². The molecule has 0 fully saturated rings. The molecule has 0 amide bonds. The zero-order chi connectivity index (χ0) is 14.8. The number of anilines is 1. The molecule has 1 atom stereocenters. The fourth-order valence-corrected chi connectivity index (χ4v) is 3.59. The molecule has 0 saturated heterocycles. The molecule has 2 aromatic carbocycles. The van der Waals surface area contributed by atoms with Crippen molar-refractivity contribution in [2.45, 2.75) is 17.9 Å². The van der Waals surface area contributed by atoms with Crippen molar-refractivity contribution in [1.29, 1.82) is 0 Å². The first kappa shape index (κ1) is 15.0. The molecular formula is C14H15BrN2O2S. The average molecular weight is 355 g/mol. The van der Waals surface area contributed by atoms with E-state index in [1.807, 2.05) is 30.3 Å². The Kier molecular flexibility index (Phi) is 4.47. The molecule has 6 heteroatoms. The second-order valence-corrected chi connectivity index (χ2v) is 7.03. The molecule has 0 aliphatic rings. The van der Waals surface area contributed by atoms with E-state index < -0.39 is 10.0 Å². The van der Waals surface area contributed by atoms with Gasteiger partial charge in [0.25, 0.3) is 0 Å². The summed E-state index contributed by atoms with van der Waals surface area (Å²) in [6, 6.07) is 13.7. The number of nitrogens with two attached hydrogens (primary N) is 1. The Bertz CT molecular complexity index is 702. The zero-order valence-electron chi connectivity index (χ0n) is 10.9. The maximum absolute atomic E-state index is 12.3. The van der Waals surface area contributed by atoms with Crippen LogP contribution in [-0.4, -0.2) is 8.42 Å². The summed E-state index contributed by atoms with van der Waals surface area (Å²) >= 11 is 3.26. The lowest BCUT2D eigenvalue weighted by atomic mass is 10.1. The van der Waals surface area contributed by atoms with Gasteiger partial charge in [-0.15, -0.1) is 0 Å². The van der Waals surface area contributed by atoms with Crippen LogP contribution >= 0.6 is 15.9 Å². The Hall–Kier alpha value is -1.37. The average Bonchev–Trinajstić information content (AvgIpc) is 2.38. The van der Waals surface area contributed by atoms with Crippen molar-refractivity contribution in [3.8, 4) is 0 Å². The Labute approximate surface area is 127 Å². The molecule has 0 heterocycles. The predicted molar refractivity (Wildman–Crippen MR) is 83.7 cm³/mol. The van der Waals surface area contributed by atoms with Crippen molar-refractivity contribution in [1.82, 2.24) is 4.72 Å². The molecule has 2 rings (SSSR count). The molecule has 20 heavy (non-hydrogen) atoms. The van der Waals surface area contributed by atoms with Crippen molar-refractivity contribution in [2.24, 2.45) is 0 Å². The Morgan fingerprint density at radius 3 is 2.40 bits per heavy atom. The van der Waals surface area contributed by atoms with Gasteiger partial charge in [0.2, 0.25) is 10.0 Å². The predicted octanol–water partition coefficient (Wildman–Crippen LogP) is 3.07. The molecule has 0 aliphatic heterocycles. The molecular weight excluding hydrogens is 340 g/mol. The lowest BCUT2D eigenvalue weighted by molar-refractivity contribution is 0.567. The van der Waals surface area contributed by atoms with Crippen LogP contribution in [0.4, 0.5) is 5.69 Å². The first-order valence-corrected chi connectivity index (χ1v) is 8.30. The third-order valence-corrected chi connectivity index (χ3v) is 5.00. The lowest BCUT2D eigenvalue weighted by Gasteiger charge is -2.15. The topological polar surface area (TPSA) is 72.2 Å². The molecule has 0 aromatic heterocycles. The monoisotopic (exact) mass is 354 g/mol. The van der Waals surface area contributed by atoms with Gasteiger partial charge < -0.3 is 5.73 Å². The summed E-state index contributed by atoms with van der Waals surface area (Å²) in [6.07, 6.45) is 0. The van der Waals surface area contributed by atoms with Gasteiger partial charge in [-0.05, 0) is 30.7 Å². The van der Waals surface area contributed by atoms with Gasteiger partial charge in [-0.2, -0.15) is 0 Å². The minimum atomic E-state index is -3.65. The number of halogens is 1. The van der Waals surface area contributed by atoms with E-state index in [1.54, 1.807) is 19.1 Å². The molecule has 3 N–H and O–H groups in total. The molecule has 106 valence electrons. The van der Waals surface area contributed by atoms with Gasteiger partial charge in [0.1, 0.15) is 4.90 Å². The van der Waals surface area contributed by atoms with Crippen LogP contribution in [0.1, 0.15) is 18.5 Å². The van der Waals surface area contributed by atoms with E-state index in [4.69, 9.17) is 5.73 Å². The van der Waals surface area contributed by atoms with Crippen molar-refractivity contribution >= 4 is 31.6 Å². The van der Waals surface area contributed by atoms with Crippen LogP contribution in [0, 0.1) is 0 Å². The number of nitrogen functional groups attached to an aromatic ring is 1. The second-order valence-electron chi connectivity index (χ2n) is 4.44. The molecule has 0 unspecified atom stereocenters. The Balaban J connectivity index is 2.28. The highest BCUT2D eigenvalue weighted by molar-refractivity contribution is 9.10. The van der Waals surface area contributed by atoms with Gasteiger partial charge in [0.05, 0.1) is 5.69 Å². The molecule has 4 nitrogen and oxygen atoms in total. The van der Waals surface area contributed by atoms with Crippen LogP contribution in [0.5, 0.6) is 0 Å². The summed E-state index contributed by atoms with van der Waals surface area (Å²) in [5, 5.41) is 0. The number of hydrogen-bond acceptors (Lipinski definition) is 3. The van der Waals surface area contributed by atoms with E-state index in [0.29, 0.717) is 0 Å². The second kappa shape index (κ2) is 5.95. The smallest absolute Gasteiger partial charge is 0.243 e.